The van der Waals surface area contributed by atoms with Gasteiger partial charge in [0.05, 0.1) is 11.2 Å². The highest BCUT2D eigenvalue weighted by Crippen LogP contribution is 2.69. The average molecular weight is 448 g/mol. The number of ether oxygens (including phenoxy) is 1. The fourth-order valence-corrected chi connectivity index (χ4v) is 5.90. The molecule has 4 aliphatic carbocycles. The molecule has 4 saturated carbocycles. The second-order valence-electron chi connectivity index (χ2n) is 10.1. The van der Waals surface area contributed by atoms with Gasteiger partial charge in [0, 0.05) is 55.6 Å². The van der Waals surface area contributed by atoms with Crippen LogP contribution in [0.5, 0.6) is 5.75 Å². The maximum atomic E-state index is 12.7. The third-order valence-corrected chi connectivity index (χ3v) is 7.74. The van der Waals surface area contributed by atoms with E-state index in [1.807, 2.05) is 6.20 Å². The lowest BCUT2D eigenvalue weighted by molar-refractivity contribution is -0.274. The van der Waals surface area contributed by atoms with Crippen molar-refractivity contribution in [2.45, 2.75) is 55.5 Å². The van der Waals surface area contributed by atoms with E-state index in [9.17, 15) is 13.2 Å². The second-order valence-corrected chi connectivity index (χ2v) is 10.1. The normalized spacial score (nSPS) is 30.6. The van der Waals surface area contributed by atoms with Gasteiger partial charge in [0.25, 0.3) is 0 Å². The molecule has 2 N–H and O–H groups in total. The summed E-state index contributed by atoms with van der Waals surface area (Å²) in [4.78, 5) is 13.8. The lowest BCUT2D eigenvalue weighted by Crippen LogP contribution is -2.80. The predicted octanol–water partition coefficient (Wildman–Crippen LogP) is 3.18. The van der Waals surface area contributed by atoms with Crippen LogP contribution in [-0.2, 0) is 5.54 Å². The standard InChI is InChI=1S/C22H27F3N6O/c1-29-4-6-30(7-5-29)20-11-21(12-20,13-20)31-10-16(28-19(31)14-2-3-14)15-8-17(18(26)27-9-15)32-22(23,24)25/h8-10,14H,2-7,11-13H2,1H3,(H2,26,27). The molecule has 5 aliphatic rings. The lowest BCUT2D eigenvalue weighted by atomic mass is 9.43. The summed E-state index contributed by atoms with van der Waals surface area (Å²) in [6.45, 7) is 4.47. The molecule has 7 nitrogen and oxygen atoms in total. The van der Waals surface area contributed by atoms with Gasteiger partial charge in [0.1, 0.15) is 5.82 Å². The van der Waals surface area contributed by atoms with Crippen LogP contribution < -0.4 is 10.5 Å². The van der Waals surface area contributed by atoms with Gasteiger partial charge in [-0.05, 0) is 45.2 Å². The number of piperazine rings is 1. The Bertz CT molecular complexity index is 1030. The Kier molecular flexibility index (Phi) is 4.18. The van der Waals surface area contributed by atoms with Gasteiger partial charge in [-0.2, -0.15) is 0 Å². The number of nitrogen functional groups attached to an aromatic ring is 1. The lowest BCUT2D eigenvalue weighted by Gasteiger charge is -2.75. The van der Waals surface area contributed by atoms with Gasteiger partial charge >= 0.3 is 6.36 Å². The number of pyridine rings is 1. The fourth-order valence-electron chi connectivity index (χ4n) is 5.90. The van der Waals surface area contributed by atoms with Gasteiger partial charge in [-0.3, -0.25) is 4.90 Å². The number of hydrogen-bond donors (Lipinski definition) is 1. The Morgan fingerprint density at radius 1 is 1.09 bits per heavy atom. The predicted molar refractivity (Wildman–Crippen MR) is 112 cm³/mol. The molecule has 2 aromatic heterocycles. The van der Waals surface area contributed by atoms with E-state index in [4.69, 9.17) is 10.7 Å². The van der Waals surface area contributed by atoms with Crippen LogP contribution in [0.15, 0.2) is 18.5 Å². The van der Waals surface area contributed by atoms with Crippen LogP contribution in [0.1, 0.15) is 43.8 Å². The van der Waals surface area contributed by atoms with Crippen LogP contribution in [0.2, 0.25) is 0 Å². The van der Waals surface area contributed by atoms with Gasteiger partial charge in [-0.25, -0.2) is 9.97 Å². The van der Waals surface area contributed by atoms with Gasteiger partial charge < -0.3 is 19.9 Å². The van der Waals surface area contributed by atoms with E-state index in [0.717, 1.165) is 64.1 Å². The molecule has 0 spiro atoms. The highest BCUT2D eigenvalue weighted by atomic mass is 19.4. The number of nitrogens with zero attached hydrogens (tertiary/aromatic N) is 5. The monoisotopic (exact) mass is 448 g/mol. The largest absolute Gasteiger partial charge is 0.573 e. The van der Waals surface area contributed by atoms with Gasteiger partial charge in [-0.1, -0.05) is 0 Å². The molecule has 0 unspecified atom stereocenters. The van der Waals surface area contributed by atoms with Gasteiger partial charge in [-0.15, -0.1) is 13.2 Å². The van der Waals surface area contributed by atoms with Crippen molar-refractivity contribution in [2.75, 3.05) is 39.0 Å². The van der Waals surface area contributed by atoms with Crippen LogP contribution >= 0.6 is 0 Å². The molecular weight excluding hydrogens is 421 g/mol. The second kappa shape index (κ2) is 6.60. The van der Waals surface area contributed by atoms with Crippen molar-refractivity contribution in [1.82, 2.24) is 24.3 Å². The Balaban J connectivity index is 1.26. The van der Waals surface area contributed by atoms with E-state index < -0.39 is 12.1 Å². The third kappa shape index (κ3) is 3.18. The molecule has 32 heavy (non-hydrogen) atoms. The topological polar surface area (TPSA) is 72.4 Å². The van der Waals surface area contributed by atoms with Crippen molar-refractivity contribution in [3.05, 3.63) is 24.3 Å². The summed E-state index contributed by atoms with van der Waals surface area (Å²) in [5.74, 6) is 0.713. The number of nitrogens with two attached hydrogens (primary N) is 1. The number of imidazole rings is 1. The number of halogens is 3. The fraction of sp³-hybridized carbons (Fsp3) is 0.636. The minimum absolute atomic E-state index is 0.0963. The first kappa shape index (κ1) is 20.3. The Hall–Kier alpha value is -2.33. The Morgan fingerprint density at radius 3 is 2.41 bits per heavy atom. The van der Waals surface area contributed by atoms with E-state index in [-0.39, 0.29) is 11.4 Å². The van der Waals surface area contributed by atoms with Crippen molar-refractivity contribution in [1.29, 1.82) is 0 Å². The van der Waals surface area contributed by atoms with Gasteiger partial charge in [0.15, 0.2) is 11.6 Å². The Morgan fingerprint density at radius 2 is 1.78 bits per heavy atom. The zero-order valence-corrected chi connectivity index (χ0v) is 18.0. The number of likely N-dealkylation sites (N-methyl/N-ethyl adjacent to an activating group) is 1. The molecule has 0 aromatic carbocycles. The molecular formula is C22H27F3N6O. The summed E-state index contributed by atoms with van der Waals surface area (Å²) in [5, 5.41) is 0. The van der Waals surface area contributed by atoms with E-state index >= 15 is 0 Å². The summed E-state index contributed by atoms with van der Waals surface area (Å²) in [6, 6.07) is 1.28. The number of alkyl halides is 3. The maximum absolute atomic E-state index is 12.7. The number of anilines is 1. The van der Waals surface area contributed by atoms with Gasteiger partial charge in [0.2, 0.25) is 0 Å². The van der Waals surface area contributed by atoms with E-state index in [2.05, 4.69) is 31.1 Å². The molecule has 0 amide bonds. The quantitative estimate of drug-likeness (QED) is 0.758. The summed E-state index contributed by atoms with van der Waals surface area (Å²) in [7, 11) is 2.17. The molecule has 0 atom stereocenters. The zero-order chi connectivity index (χ0) is 22.3. The van der Waals surface area contributed by atoms with E-state index in [1.54, 1.807) is 0 Å². The highest BCUT2D eigenvalue weighted by molar-refractivity contribution is 5.64. The summed E-state index contributed by atoms with van der Waals surface area (Å²) >= 11 is 0. The molecule has 2 bridgehead atoms. The molecule has 0 radical (unpaired) electrons. The maximum Gasteiger partial charge on any atom is 0.573 e. The molecule has 1 saturated heterocycles. The minimum Gasteiger partial charge on any atom is -0.402 e. The molecule has 3 heterocycles. The average Bonchev–Trinajstić information content (AvgIpc) is 3.42. The summed E-state index contributed by atoms with van der Waals surface area (Å²) < 4.78 is 44.6. The van der Waals surface area contributed by atoms with Crippen LogP contribution in [-0.4, -0.2) is 69.5 Å². The van der Waals surface area contributed by atoms with Crippen LogP contribution in [0, 0.1) is 0 Å². The number of aromatic nitrogens is 3. The number of hydrogen-bond acceptors (Lipinski definition) is 6. The number of rotatable bonds is 5. The Labute approximate surface area is 184 Å². The zero-order valence-electron chi connectivity index (χ0n) is 18.0. The van der Waals surface area contributed by atoms with E-state index in [0.29, 0.717) is 22.7 Å². The van der Waals surface area contributed by atoms with Crippen molar-refractivity contribution < 1.29 is 17.9 Å². The molecule has 10 heteroatoms. The first-order valence-electron chi connectivity index (χ1n) is 11.2. The highest BCUT2D eigenvalue weighted by Gasteiger charge is 2.71. The first-order valence-corrected chi connectivity index (χ1v) is 11.2. The van der Waals surface area contributed by atoms with Crippen molar-refractivity contribution in [3.63, 3.8) is 0 Å². The molecule has 172 valence electrons. The smallest absolute Gasteiger partial charge is 0.402 e. The van der Waals surface area contributed by atoms with Crippen molar-refractivity contribution in [2.24, 2.45) is 0 Å². The van der Waals surface area contributed by atoms with E-state index in [1.165, 1.54) is 12.3 Å². The SMILES string of the molecule is CN1CCN(C23CC(n4cc(-c5cnc(N)c(OC(F)(F)F)c5)nc4C4CC4)(C2)C3)CC1. The van der Waals surface area contributed by atoms with Crippen LogP contribution in [0.25, 0.3) is 11.3 Å². The van der Waals surface area contributed by atoms with Crippen molar-refractivity contribution in [3.8, 4) is 17.0 Å². The minimum atomic E-state index is -4.82. The van der Waals surface area contributed by atoms with Crippen LogP contribution in [0.4, 0.5) is 19.0 Å². The molecule has 5 fully saturated rings. The van der Waals surface area contributed by atoms with Crippen molar-refractivity contribution >= 4 is 5.82 Å². The third-order valence-electron chi connectivity index (χ3n) is 7.74. The summed E-state index contributed by atoms with van der Waals surface area (Å²) in [6.07, 6.45) is 4.25. The molecule has 1 aliphatic heterocycles. The molecule has 2 aromatic rings. The molecule has 7 rings (SSSR count). The van der Waals surface area contributed by atoms with Crippen LogP contribution in [0.3, 0.4) is 0 Å². The first-order chi connectivity index (χ1) is 15.2. The summed E-state index contributed by atoms with van der Waals surface area (Å²) in [5.41, 5.74) is 7.13.